The molecule has 1 atom stereocenters. The summed E-state index contributed by atoms with van der Waals surface area (Å²) in [7, 11) is 1.97. The summed E-state index contributed by atoms with van der Waals surface area (Å²) in [4.78, 5) is 2.08. The highest BCUT2D eigenvalue weighted by Gasteiger charge is 2.22. The molecule has 0 aliphatic rings. The number of aliphatic hydroxyl groups excluding tert-OH is 1. The molecular weight excluding hydrogens is 231 g/mol. The zero-order chi connectivity index (χ0) is 13.8. The van der Waals surface area contributed by atoms with Gasteiger partial charge in [-0.3, -0.25) is 4.90 Å². The number of benzene rings is 1. The van der Waals surface area contributed by atoms with Gasteiger partial charge in [-0.25, -0.2) is 4.39 Å². The van der Waals surface area contributed by atoms with Gasteiger partial charge in [-0.2, -0.15) is 0 Å². The van der Waals surface area contributed by atoms with Gasteiger partial charge in [0, 0.05) is 18.1 Å². The Balaban J connectivity index is 2.51. The highest BCUT2D eigenvalue weighted by Crippen LogP contribution is 2.17. The molecule has 1 aromatic carbocycles. The number of hydrogen-bond acceptors (Lipinski definition) is 3. The third-order valence-corrected chi connectivity index (χ3v) is 3.49. The molecule has 0 spiro atoms. The first-order valence-corrected chi connectivity index (χ1v) is 6.20. The Morgan fingerprint density at radius 2 is 1.89 bits per heavy atom. The normalized spacial score (nSPS) is 13.9. The average molecular weight is 254 g/mol. The fourth-order valence-corrected chi connectivity index (χ4v) is 1.63. The minimum Gasteiger partial charge on any atom is -0.394 e. The van der Waals surface area contributed by atoms with E-state index in [9.17, 15) is 9.50 Å². The van der Waals surface area contributed by atoms with E-state index in [2.05, 4.69) is 4.90 Å². The highest BCUT2D eigenvalue weighted by molar-refractivity contribution is 5.19. The van der Waals surface area contributed by atoms with Crippen molar-refractivity contribution in [2.24, 2.45) is 5.73 Å². The molecule has 18 heavy (non-hydrogen) atoms. The average Bonchev–Trinajstić information content (AvgIpc) is 2.36. The van der Waals surface area contributed by atoms with Crippen LogP contribution in [0.15, 0.2) is 24.3 Å². The smallest absolute Gasteiger partial charge is 0.123 e. The van der Waals surface area contributed by atoms with Crippen LogP contribution in [0, 0.1) is 5.82 Å². The molecule has 4 heteroatoms. The quantitative estimate of drug-likeness (QED) is 0.815. The lowest BCUT2D eigenvalue weighted by Crippen LogP contribution is -2.45. The summed E-state index contributed by atoms with van der Waals surface area (Å²) in [5.41, 5.74) is 6.76. The molecule has 0 aliphatic heterocycles. The first kappa shape index (κ1) is 15.1. The molecule has 3 nitrogen and oxygen atoms in total. The van der Waals surface area contributed by atoms with Crippen molar-refractivity contribution in [3.63, 3.8) is 0 Å². The maximum absolute atomic E-state index is 12.8. The molecule has 0 aliphatic carbocycles. The van der Waals surface area contributed by atoms with E-state index in [4.69, 9.17) is 5.73 Å². The van der Waals surface area contributed by atoms with Gasteiger partial charge >= 0.3 is 0 Å². The summed E-state index contributed by atoms with van der Waals surface area (Å²) >= 11 is 0. The summed E-state index contributed by atoms with van der Waals surface area (Å²) in [6.07, 6.45) is 0.769. The summed E-state index contributed by atoms with van der Waals surface area (Å²) in [5.74, 6) is -0.246. The van der Waals surface area contributed by atoms with E-state index in [0.29, 0.717) is 0 Å². The number of rotatable bonds is 6. The van der Waals surface area contributed by atoms with Crippen LogP contribution in [0.1, 0.15) is 31.9 Å². The van der Waals surface area contributed by atoms with Gasteiger partial charge in [0.05, 0.1) is 6.61 Å². The minimum atomic E-state index is -0.248. The number of halogens is 1. The van der Waals surface area contributed by atoms with E-state index in [1.807, 2.05) is 20.9 Å². The molecule has 1 rings (SSSR count). The molecule has 0 radical (unpaired) electrons. The van der Waals surface area contributed by atoms with Crippen LogP contribution in [-0.2, 0) is 0 Å². The predicted molar refractivity (Wildman–Crippen MR) is 71.7 cm³/mol. The summed E-state index contributed by atoms with van der Waals surface area (Å²) in [5, 5.41) is 9.26. The fourth-order valence-electron chi connectivity index (χ4n) is 1.63. The third-order valence-electron chi connectivity index (χ3n) is 3.49. The molecule has 0 fully saturated rings. The first-order chi connectivity index (χ1) is 8.36. The molecule has 0 saturated carbocycles. The Kier molecular flexibility index (Phi) is 5.26. The van der Waals surface area contributed by atoms with Crippen LogP contribution < -0.4 is 5.73 Å². The van der Waals surface area contributed by atoms with Crippen LogP contribution >= 0.6 is 0 Å². The molecule has 102 valence electrons. The van der Waals surface area contributed by atoms with Crippen LogP contribution in [0.5, 0.6) is 0 Å². The molecule has 0 bridgehead atoms. The van der Waals surface area contributed by atoms with Crippen molar-refractivity contribution in [1.82, 2.24) is 4.90 Å². The van der Waals surface area contributed by atoms with E-state index < -0.39 is 0 Å². The van der Waals surface area contributed by atoms with Gasteiger partial charge in [0.2, 0.25) is 0 Å². The molecule has 1 unspecified atom stereocenters. The van der Waals surface area contributed by atoms with Crippen molar-refractivity contribution in [1.29, 1.82) is 0 Å². The monoisotopic (exact) mass is 254 g/mol. The van der Waals surface area contributed by atoms with Crippen molar-refractivity contribution >= 4 is 0 Å². The van der Waals surface area contributed by atoms with Gasteiger partial charge in [0.1, 0.15) is 5.82 Å². The SMILES string of the molecule is CN(CCC(N)c1ccc(F)cc1)C(C)(C)CO. The molecule has 0 saturated heterocycles. The molecule has 0 aromatic heterocycles. The van der Waals surface area contributed by atoms with Crippen LogP contribution in [0.4, 0.5) is 4.39 Å². The molecular formula is C14H23FN2O. The largest absolute Gasteiger partial charge is 0.394 e. The van der Waals surface area contributed by atoms with E-state index in [1.54, 1.807) is 12.1 Å². The number of aliphatic hydroxyl groups is 1. The van der Waals surface area contributed by atoms with E-state index in [-0.39, 0.29) is 24.0 Å². The van der Waals surface area contributed by atoms with Gasteiger partial charge in [-0.05, 0) is 45.0 Å². The summed E-state index contributed by atoms with van der Waals surface area (Å²) in [6, 6.07) is 6.18. The van der Waals surface area contributed by atoms with Crippen molar-refractivity contribution in [3.8, 4) is 0 Å². The Bertz CT molecular complexity index is 365. The lowest BCUT2D eigenvalue weighted by Gasteiger charge is -2.34. The summed E-state index contributed by atoms with van der Waals surface area (Å²) in [6.45, 7) is 4.86. The standard InChI is InChI=1S/C14H23FN2O/c1-14(2,10-18)17(3)9-8-13(16)11-4-6-12(15)7-5-11/h4-7,13,18H,8-10,16H2,1-3H3. The van der Waals surface area contributed by atoms with Gasteiger partial charge in [0.15, 0.2) is 0 Å². The molecule has 0 amide bonds. The number of hydrogen-bond donors (Lipinski definition) is 2. The maximum atomic E-state index is 12.8. The van der Waals surface area contributed by atoms with Gasteiger partial charge < -0.3 is 10.8 Å². The highest BCUT2D eigenvalue weighted by atomic mass is 19.1. The van der Waals surface area contributed by atoms with E-state index >= 15 is 0 Å². The second-order valence-electron chi connectivity index (χ2n) is 5.34. The number of likely N-dealkylation sites (N-methyl/N-ethyl adjacent to an activating group) is 1. The van der Waals surface area contributed by atoms with Crippen LogP contribution in [0.2, 0.25) is 0 Å². The maximum Gasteiger partial charge on any atom is 0.123 e. The first-order valence-electron chi connectivity index (χ1n) is 6.20. The Morgan fingerprint density at radius 1 is 1.33 bits per heavy atom. The zero-order valence-electron chi connectivity index (χ0n) is 11.4. The van der Waals surface area contributed by atoms with Crippen molar-refractivity contribution < 1.29 is 9.50 Å². The van der Waals surface area contributed by atoms with Gasteiger partial charge in [-0.15, -0.1) is 0 Å². The lowest BCUT2D eigenvalue weighted by molar-refractivity contribution is 0.0767. The summed E-state index contributed by atoms with van der Waals surface area (Å²) < 4.78 is 12.8. The molecule has 3 N–H and O–H groups in total. The topological polar surface area (TPSA) is 49.5 Å². The zero-order valence-corrected chi connectivity index (χ0v) is 11.4. The second kappa shape index (κ2) is 6.27. The molecule has 1 aromatic rings. The van der Waals surface area contributed by atoms with Crippen molar-refractivity contribution in [2.75, 3.05) is 20.2 Å². The van der Waals surface area contributed by atoms with Gasteiger partial charge in [-0.1, -0.05) is 12.1 Å². The van der Waals surface area contributed by atoms with Crippen molar-refractivity contribution in [2.45, 2.75) is 31.8 Å². The second-order valence-corrected chi connectivity index (χ2v) is 5.34. The number of nitrogens with zero attached hydrogens (tertiary/aromatic N) is 1. The molecule has 0 heterocycles. The third kappa shape index (κ3) is 4.05. The predicted octanol–water partition coefficient (Wildman–Crippen LogP) is 1.92. The van der Waals surface area contributed by atoms with E-state index in [0.717, 1.165) is 18.5 Å². The lowest BCUT2D eigenvalue weighted by atomic mass is 10.0. The van der Waals surface area contributed by atoms with Crippen LogP contribution in [-0.4, -0.2) is 35.7 Å². The fraction of sp³-hybridized carbons (Fsp3) is 0.571. The minimum absolute atomic E-state index is 0.106. The van der Waals surface area contributed by atoms with Crippen LogP contribution in [0.3, 0.4) is 0 Å². The Labute approximate surface area is 108 Å². The van der Waals surface area contributed by atoms with Crippen LogP contribution in [0.25, 0.3) is 0 Å². The van der Waals surface area contributed by atoms with E-state index in [1.165, 1.54) is 12.1 Å². The van der Waals surface area contributed by atoms with Gasteiger partial charge in [0.25, 0.3) is 0 Å². The Hall–Kier alpha value is -0.970. The Morgan fingerprint density at radius 3 is 2.39 bits per heavy atom. The number of nitrogens with two attached hydrogens (primary N) is 1. The van der Waals surface area contributed by atoms with Crippen molar-refractivity contribution in [3.05, 3.63) is 35.6 Å².